The number of hydrogen-bond donors (Lipinski definition) is 1. The van der Waals surface area contributed by atoms with E-state index in [1.807, 2.05) is 24.3 Å². The van der Waals surface area contributed by atoms with Gasteiger partial charge in [0, 0.05) is 12.0 Å². The molecule has 1 aliphatic heterocycles. The van der Waals surface area contributed by atoms with Gasteiger partial charge in [-0.25, -0.2) is 4.39 Å². The Morgan fingerprint density at radius 3 is 2.96 bits per heavy atom. The van der Waals surface area contributed by atoms with Crippen molar-refractivity contribution in [3.8, 4) is 11.5 Å². The van der Waals surface area contributed by atoms with Crippen LogP contribution < -0.4 is 14.8 Å². The monoisotopic (exact) mass is 315 g/mol. The molecule has 0 fully saturated rings. The quantitative estimate of drug-likeness (QED) is 0.943. The van der Waals surface area contributed by atoms with Crippen LogP contribution in [0.4, 0.5) is 4.39 Å². The number of carbonyl (C=O) groups is 1. The van der Waals surface area contributed by atoms with Crippen LogP contribution >= 0.6 is 0 Å². The summed E-state index contributed by atoms with van der Waals surface area (Å²) in [5.74, 6) is 0.373. The van der Waals surface area contributed by atoms with Crippen molar-refractivity contribution in [2.75, 3.05) is 13.7 Å². The number of fused-ring (bicyclic) bond motifs is 1. The second-order valence-electron chi connectivity index (χ2n) is 5.44. The summed E-state index contributed by atoms with van der Waals surface area (Å²) in [4.78, 5) is 12.3. The summed E-state index contributed by atoms with van der Waals surface area (Å²) in [6.45, 7) is 0.569. The lowest BCUT2D eigenvalue weighted by atomic mass is 10.00. The highest BCUT2D eigenvalue weighted by molar-refractivity contribution is 5.79. The molecule has 0 saturated heterocycles. The molecule has 5 heteroatoms. The van der Waals surface area contributed by atoms with Crippen molar-refractivity contribution in [1.82, 2.24) is 5.32 Å². The summed E-state index contributed by atoms with van der Waals surface area (Å²) in [6.07, 6.45) is 0.847. The van der Waals surface area contributed by atoms with Crippen LogP contribution in [0.5, 0.6) is 11.5 Å². The van der Waals surface area contributed by atoms with Crippen molar-refractivity contribution in [2.24, 2.45) is 0 Å². The Labute approximate surface area is 134 Å². The van der Waals surface area contributed by atoms with E-state index in [0.29, 0.717) is 12.2 Å². The highest BCUT2D eigenvalue weighted by atomic mass is 19.1. The summed E-state index contributed by atoms with van der Waals surface area (Å²) in [7, 11) is 1.41. The van der Waals surface area contributed by atoms with Gasteiger partial charge in [-0.3, -0.25) is 4.79 Å². The van der Waals surface area contributed by atoms with Crippen molar-refractivity contribution in [1.29, 1.82) is 0 Å². The molecule has 0 aliphatic carbocycles. The third-order valence-corrected chi connectivity index (χ3v) is 3.87. The van der Waals surface area contributed by atoms with Crippen molar-refractivity contribution in [2.45, 2.75) is 18.9 Å². The minimum absolute atomic E-state index is 0.0736. The van der Waals surface area contributed by atoms with E-state index in [1.54, 1.807) is 6.07 Å². The number of hydrogen-bond acceptors (Lipinski definition) is 3. The minimum atomic E-state index is -0.464. The van der Waals surface area contributed by atoms with Gasteiger partial charge in [0.15, 0.2) is 11.6 Å². The first kappa shape index (κ1) is 15.3. The van der Waals surface area contributed by atoms with Crippen molar-refractivity contribution < 1.29 is 18.7 Å². The highest BCUT2D eigenvalue weighted by Gasteiger charge is 2.22. The lowest BCUT2D eigenvalue weighted by Gasteiger charge is -2.26. The Morgan fingerprint density at radius 2 is 2.17 bits per heavy atom. The molecule has 1 aliphatic rings. The number of halogens is 1. The lowest BCUT2D eigenvalue weighted by Crippen LogP contribution is -2.33. The van der Waals surface area contributed by atoms with Crippen LogP contribution in [0.2, 0.25) is 0 Å². The van der Waals surface area contributed by atoms with E-state index in [1.165, 1.54) is 19.2 Å². The molecule has 120 valence electrons. The normalized spacial score (nSPS) is 16.2. The fourth-order valence-corrected chi connectivity index (χ4v) is 2.74. The zero-order chi connectivity index (χ0) is 16.2. The molecular weight excluding hydrogens is 297 g/mol. The zero-order valence-electron chi connectivity index (χ0n) is 12.8. The van der Waals surface area contributed by atoms with Gasteiger partial charge in [-0.05, 0) is 23.8 Å². The first-order chi connectivity index (χ1) is 11.2. The van der Waals surface area contributed by atoms with E-state index < -0.39 is 5.82 Å². The predicted octanol–water partition coefficient (Wildman–Crippen LogP) is 3.02. The molecule has 2 aromatic carbocycles. The molecule has 0 bridgehead atoms. The van der Waals surface area contributed by atoms with Gasteiger partial charge in [0.1, 0.15) is 5.75 Å². The summed E-state index contributed by atoms with van der Waals surface area (Å²) >= 11 is 0. The Hall–Kier alpha value is -2.56. The number of carbonyl (C=O) groups excluding carboxylic acids is 1. The van der Waals surface area contributed by atoms with Gasteiger partial charge < -0.3 is 14.8 Å². The van der Waals surface area contributed by atoms with Gasteiger partial charge in [-0.1, -0.05) is 24.3 Å². The molecule has 1 atom stereocenters. The van der Waals surface area contributed by atoms with Crippen LogP contribution in [-0.2, 0) is 11.2 Å². The number of amides is 1. The topological polar surface area (TPSA) is 47.6 Å². The Bertz CT molecular complexity index is 717. The summed E-state index contributed by atoms with van der Waals surface area (Å²) in [6, 6.07) is 12.2. The average Bonchev–Trinajstić information content (AvgIpc) is 2.55. The van der Waals surface area contributed by atoms with Crippen LogP contribution in [0.15, 0.2) is 42.5 Å². The fraction of sp³-hybridized carbons (Fsp3) is 0.278. The van der Waals surface area contributed by atoms with E-state index in [2.05, 4.69) is 5.32 Å². The third kappa shape index (κ3) is 3.44. The molecule has 1 amide bonds. The van der Waals surface area contributed by atoms with E-state index >= 15 is 0 Å². The molecule has 4 nitrogen and oxygen atoms in total. The molecule has 0 radical (unpaired) electrons. The Kier molecular flexibility index (Phi) is 4.46. The van der Waals surface area contributed by atoms with Crippen LogP contribution in [0, 0.1) is 5.82 Å². The summed E-state index contributed by atoms with van der Waals surface area (Å²) < 4.78 is 24.1. The van der Waals surface area contributed by atoms with Gasteiger partial charge >= 0.3 is 0 Å². The second-order valence-corrected chi connectivity index (χ2v) is 5.44. The smallest absolute Gasteiger partial charge is 0.224 e. The third-order valence-electron chi connectivity index (χ3n) is 3.87. The zero-order valence-corrected chi connectivity index (χ0v) is 12.8. The van der Waals surface area contributed by atoms with Crippen LogP contribution in [0.1, 0.15) is 23.6 Å². The van der Waals surface area contributed by atoms with E-state index in [0.717, 1.165) is 17.7 Å². The first-order valence-corrected chi connectivity index (χ1v) is 7.51. The molecular formula is C18H18FNO3. The molecule has 0 saturated carbocycles. The number of para-hydroxylation sites is 1. The fourth-order valence-electron chi connectivity index (χ4n) is 2.74. The molecule has 23 heavy (non-hydrogen) atoms. The molecule has 3 rings (SSSR count). The van der Waals surface area contributed by atoms with E-state index in [9.17, 15) is 9.18 Å². The van der Waals surface area contributed by atoms with Gasteiger partial charge in [0.2, 0.25) is 5.91 Å². The maximum Gasteiger partial charge on any atom is 0.224 e. The highest BCUT2D eigenvalue weighted by Crippen LogP contribution is 2.31. The molecule has 1 heterocycles. The van der Waals surface area contributed by atoms with Gasteiger partial charge in [0.05, 0.1) is 26.2 Å². The standard InChI is InChI=1S/C18H18FNO3/c1-22-17-7-6-12(10-14(17)19)11-18(21)20-15-8-9-23-16-5-3-2-4-13(15)16/h2-7,10,15H,8-9,11H2,1H3,(H,20,21)/t15-/m1/s1. The average molecular weight is 315 g/mol. The minimum Gasteiger partial charge on any atom is -0.494 e. The SMILES string of the molecule is COc1ccc(CC(=O)N[C@@H]2CCOc3ccccc32)cc1F. The molecule has 1 N–H and O–H groups in total. The van der Waals surface area contributed by atoms with Gasteiger partial charge in [-0.2, -0.15) is 0 Å². The Morgan fingerprint density at radius 1 is 1.35 bits per heavy atom. The molecule has 0 aromatic heterocycles. The lowest BCUT2D eigenvalue weighted by molar-refractivity contribution is -0.121. The van der Waals surface area contributed by atoms with E-state index in [4.69, 9.17) is 9.47 Å². The van der Waals surface area contributed by atoms with Crippen LogP contribution in [-0.4, -0.2) is 19.6 Å². The van der Waals surface area contributed by atoms with Gasteiger partial charge in [-0.15, -0.1) is 0 Å². The number of methoxy groups -OCH3 is 1. The number of rotatable bonds is 4. The van der Waals surface area contributed by atoms with Crippen molar-refractivity contribution >= 4 is 5.91 Å². The van der Waals surface area contributed by atoms with Gasteiger partial charge in [0.25, 0.3) is 0 Å². The molecule has 0 spiro atoms. The predicted molar refractivity (Wildman–Crippen MR) is 84.1 cm³/mol. The van der Waals surface area contributed by atoms with E-state index in [-0.39, 0.29) is 24.1 Å². The molecule has 0 unspecified atom stereocenters. The summed E-state index contributed by atoms with van der Waals surface area (Å²) in [5.41, 5.74) is 1.59. The summed E-state index contributed by atoms with van der Waals surface area (Å²) in [5, 5.41) is 3.00. The number of nitrogens with one attached hydrogen (secondary N) is 1. The number of benzene rings is 2. The molecule has 2 aromatic rings. The van der Waals surface area contributed by atoms with Crippen molar-refractivity contribution in [3.63, 3.8) is 0 Å². The number of ether oxygens (including phenoxy) is 2. The largest absolute Gasteiger partial charge is 0.494 e. The van der Waals surface area contributed by atoms with Crippen LogP contribution in [0.25, 0.3) is 0 Å². The maximum absolute atomic E-state index is 13.7. The second kappa shape index (κ2) is 6.69. The van der Waals surface area contributed by atoms with Crippen LogP contribution in [0.3, 0.4) is 0 Å². The first-order valence-electron chi connectivity index (χ1n) is 7.51. The van der Waals surface area contributed by atoms with Crippen molar-refractivity contribution in [3.05, 3.63) is 59.4 Å². The maximum atomic E-state index is 13.7. The Balaban J connectivity index is 1.67.